The fraction of sp³-hybridized carbons (Fsp3) is 0.235. The van der Waals surface area contributed by atoms with Crippen LogP contribution in [0.5, 0.6) is 0 Å². The predicted molar refractivity (Wildman–Crippen MR) is 82.6 cm³/mol. The number of benzene rings is 1. The third-order valence-corrected chi connectivity index (χ3v) is 3.89. The minimum Gasteiger partial charge on any atom is -0.468 e. The van der Waals surface area contributed by atoms with Crippen LogP contribution in [-0.2, 0) is 6.54 Å². The first-order valence-corrected chi connectivity index (χ1v) is 7.17. The fourth-order valence-electron chi connectivity index (χ4n) is 2.45. The number of rotatable bonds is 5. The molecule has 0 unspecified atom stereocenters. The van der Waals surface area contributed by atoms with E-state index in [2.05, 4.69) is 22.0 Å². The lowest BCUT2D eigenvalue weighted by molar-refractivity contribution is 0.223. The summed E-state index contributed by atoms with van der Waals surface area (Å²) in [6, 6.07) is 10.4. The van der Waals surface area contributed by atoms with Crippen molar-refractivity contribution in [2.24, 2.45) is 0 Å². The monoisotopic (exact) mass is 299 g/mol. The number of aromatic amines is 1. The summed E-state index contributed by atoms with van der Waals surface area (Å²) < 4.78 is 18.5. The molecule has 4 nitrogen and oxygen atoms in total. The molecule has 0 aliphatic heterocycles. The molecule has 0 aliphatic rings. The van der Waals surface area contributed by atoms with E-state index in [1.54, 1.807) is 18.4 Å². The maximum atomic E-state index is 13.1. The van der Waals surface area contributed by atoms with Gasteiger partial charge in [-0.25, -0.2) is 4.39 Å². The first-order valence-electron chi connectivity index (χ1n) is 7.17. The number of hydrogen-bond acceptors (Lipinski definition) is 3. The van der Waals surface area contributed by atoms with Crippen LogP contribution in [0, 0.1) is 5.82 Å². The molecule has 3 aromatic rings. The van der Waals surface area contributed by atoms with Gasteiger partial charge in [0.2, 0.25) is 0 Å². The Morgan fingerprint density at radius 1 is 1.27 bits per heavy atom. The zero-order valence-electron chi connectivity index (χ0n) is 12.6. The Morgan fingerprint density at radius 3 is 2.73 bits per heavy atom. The van der Waals surface area contributed by atoms with Crippen LogP contribution in [0.25, 0.3) is 11.3 Å². The minimum atomic E-state index is -0.242. The molecule has 0 aliphatic carbocycles. The van der Waals surface area contributed by atoms with Gasteiger partial charge in [-0.05, 0) is 50.4 Å². The van der Waals surface area contributed by atoms with Crippen LogP contribution in [0.3, 0.4) is 0 Å². The third-order valence-electron chi connectivity index (χ3n) is 3.89. The van der Waals surface area contributed by atoms with Gasteiger partial charge in [0.25, 0.3) is 0 Å². The van der Waals surface area contributed by atoms with E-state index in [-0.39, 0.29) is 11.9 Å². The van der Waals surface area contributed by atoms with E-state index in [0.717, 1.165) is 22.6 Å². The van der Waals surface area contributed by atoms with Gasteiger partial charge in [0, 0.05) is 17.7 Å². The maximum absolute atomic E-state index is 13.1. The topological polar surface area (TPSA) is 45.1 Å². The third kappa shape index (κ3) is 2.94. The number of H-pyrrole nitrogens is 1. The first-order chi connectivity index (χ1) is 10.6. The smallest absolute Gasteiger partial charge is 0.123 e. The van der Waals surface area contributed by atoms with Gasteiger partial charge in [-0.1, -0.05) is 0 Å². The second-order valence-corrected chi connectivity index (χ2v) is 5.38. The average Bonchev–Trinajstić information content (AvgIpc) is 3.18. The Balaban J connectivity index is 1.79. The SMILES string of the molecule is C[C@H](c1ccco1)N(C)Cc1cn[nH]c1-c1ccc(F)cc1. The number of furan rings is 1. The molecule has 2 aromatic heterocycles. The molecule has 0 radical (unpaired) electrons. The fourth-order valence-corrected chi connectivity index (χ4v) is 2.45. The first kappa shape index (κ1) is 14.5. The summed E-state index contributed by atoms with van der Waals surface area (Å²) in [5.74, 6) is 0.683. The van der Waals surface area contributed by atoms with Crippen molar-refractivity contribution in [3.05, 3.63) is 66.0 Å². The molecule has 1 N–H and O–H groups in total. The highest BCUT2D eigenvalue weighted by molar-refractivity contribution is 5.62. The van der Waals surface area contributed by atoms with Gasteiger partial charge in [-0.15, -0.1) is 0 Å². The molecule has 0 spiro atoms. The standard InChI is InChI=1S/C17H18FN3O/c1-12(16-4-3-9-22-16)21(2)11-14-10-19-20-17(14)13-5-7-15(18)8-6-13/h3-10,12H,11H2,1-2H3,(H,19,20)/t12-/m1/s1. The van der Waals surface area contributed by atoms with E-state index < -0.39 is 0 Å². The number of hydrogen-bond donors (Lipinski definition) is 1. The van der Waals surface area contributed by atoms with Gasteiger partial charge in [-0.3, -0.25) is 10.00 Å². The molecule has 2 heterocycles. The lowest BCUT2D eigenvalue weighted by Crippen LogP contribution is -2.21. The second-order valence-electron chi connectivity index (χ2n) is 5.38. The predicted octanol–water partition coefficient (Wildman–Crippen LogP) is 4.00. The summed E-state index contributed by atoms with van der Waals surface area (Å²) in [4.78, 5) is 2.18. The van der Waals surface area contributed by atoms with E-state index in [1.165, 1.54) is 12.1 Å². The maximum Gasteiger partial charge on any atom is 0.123 e. The van der Waals surface area contributed by atoms with Crippen LogP contribution in [0.15, 0.2) is 53.3 Å². The van der Waals surface area contributed by atoms with Crippen LogP contribution in [0.4, 0.5) is 4.39 Å². The normalized spacial score (nSPS) is 12.7. The van der Waals surface area contributed by atoms with Gasteiger partial charge < -0.3 is 4.42 Å². The molecule has 0 amide bonds. The van der Waals surface area contributed by atoms with Crippen LogP contribution in [0.2, 0.25) is 0 Å². The molecule has 3 rings (SSSR count). The molecular weight excluding hydrogens is 281 g/mol. The summed E-state index contributed by atoms with van der Waals surface area (Å²) in [5.41, 5.74) is 2.90. The van der Waals surface area contributed by atoms with Gasteiger partial charge in [0.05, 0.1) is 24.2 Å². The van der Waals surface area contributed by atoms with E-state index in [1.807, 2.05) is 25.4 Å². The van der Waals surface area contributed by atoms with Gasteiger partial charge in [-0.2, -0.15) is 5.10 Å². The van der Waals surface area contributed by atoms with Crippen molar-refractivity contribution in [2.75, 3.05) is 7.05 Å². The molecule has 5 heteroatoms. The molecule has 0 saturated heterocycles. The zero-order valence-corrected chi connectivity index (χ0v) is 12.6. The van der Waals surface area contributed by atoms with Crippen LogP contribution in [0.1, 0.15) is 24.3 Å². The van der Waals surface area contributed by atoms with Gasteiger partial charge in [0.1, 0.15) is 11.6 Å². The van der Waals surface area contributed by atoms with E-state index in [4.69, 9.17) is 4.42 Å². The Morgan fingerprint density at radius 2 is 2.05 bits per heavy atom. The Bertz CT molecular complexity index is 719. The number of halogens is 1. The Hall–Kier alpha value is -2.40. The summed E-state index contributed by atoms with van der Waals surface area (Å²) in [6.07, 6.45) is 3.49. The summed E-state index contributed by atoms with van der Waals surface area (Å²) in [5, 5.41) is 7.13. The van der Waals surface area contributed by atoms with Gasteiger partial charge >= 0.3 is 0 Å². The molecule has 0 bridgehead atoms. The second kappa shape index (κ2) is 6.15. The largest absolute Gasteiger partial charge is 0.468 e. The van der Waals surface area contributed by atoms with Crippen molar-refractivity contribution in [2.45, 2.75) is 19.5 Å². The summed E-state index contributed by atoms with van der Waals surface area (Å²) in [6.45, 7) is 2.81. The van der Waals surface area contributed by atoms with E-state index >= 15 is 0 Å². The van der Waals surface area contributed by atoms with E-state index in [9.17, 15) is 4.39 Å². The van der Waals surface area contributed by atoms with Crippen LogP contribution < -0.4 is 0 Å². The lowest BCUT2D eigenvalue weighted by atomic mass is 10.1. The van der Waals surface area contributed by atoms with Crippen molar-refractivity contribution in [3.63, 3.8) is 0 Å². The van der Waals surface area contributed by atoms with Crippen molar-refractivity contribution in [1.82, 2.24) is 15.1 Å². The zero-order chi connectivity index (χ0) is 15.5. The average molecular weight is 299 g/mol. The highest BCUT2D eigenvalue weighted by Crippen LogP contribution is 2.26. The Labute approximate surface area is 128 Å². The Kier molecular flexibility index (Phi) is 4.06. The molecule has 22 heavy (non-hydrogen) atoms. The highest BCUT2D eigenvalue weighted by atomic mass is 19.1. The summed E-state index contributed by atoms with van der Waals surface area (Å²) in [7, 11) is 2.04. The molecule has 114 valence electrons. The highest BCUT2D eigenvalue weighted by Gasteiger charge is 2.17. The number of nitrogens with zero attached hydrogens (tertiary/aromatic N) is 2. The molecule has 0 fully saturated rings. The van der Waals surface area contributed by atoms with E-state index in [0.29, 0.717) is 6.54 Å². The minimum absolute atomic E-state index is 0.158. The molecular formula is C17H18FN3O. The summed E-state index contributed by atoms with van der Waals surface area (Å²) >= 11 is 0. The molecule has 1 atom stereocenters. The quantitative estimate of drug-likeness (QED) is 0.774. The van der Waals surface area contributed by atoms with Crippen molar-refractivity contribution >= 4 is 0 Å². The molecule has 1 aromatic carbocycles. The van der Waals surface area contributed by atoms with Crippen LogP contribution in [-0.4, -0.2) is 22.1 Å². The van der Waals surface area contributed by atoms with Crippen molar-refractivity contribution in [1.29, 1.82) is 0 Å². The van der Waals surface area contributed by atoms with Crippen molar-refractivity contribution < 1.29 is 8.81 Å². The lowest BCUT2D eigenvalue weighted by Gasteiger charge is -2.22. The van der Waals surface area contributed by atoms with Crippen molar-refractivity contribution in [3.8, 4) is 11.3 Å². The number of nitrogens with one attached hydrogen (secondary N) is 1. The molecule has 0 saturated carbocycles. The van der Waals surface area contributed by atoms with Gasteiger partial charge in [0.15, 0.2) is 0 Å². The van der Waals surface area contributed by atoms with Crippen LogP contribution >= 0.6 is 0 Å². The number of aromatic nitrogens is 2.